The van der Waals surface area contributed by atoms with Crippen molar-refractivity contribution in [2.75, 3.05) is 5.32 Å². The van der Waals surface area contributed by atoms with E-state index >= 15 is 0 Å². The molecule has 0 fully saturated rings. The lowest BCUT2D eigenvalue weighted by molar-refractivity contribution is -0.137. The standard InChI is InChI=1S/C20H26F3N5O2/c1-12(2)17(18-25-10-11-28(18)13(3)4-9-16(24)29)27-19(30)26-15-7-5-14(6-8-15)20(21,22)23/h5-8,10-13,17H,4,9H2,1-3H3,(H2,24,29)(H2,26,27,30)/t13?,17-/m0/s1. The van der Waals surface area contributed by atoms with Crippen LogP contribution in [0, 0.1) is 5.92 Å². The number of carbonyl (C=O) groups excluding carboxylic acids is 2. The van der Waals surface area contributed by atoms with Gasteiger partial charge in [-0.3, -0.25) is 4.79 Å². The molecule has 2 rings (SSSR count). The Morgan fingerprint density at radius 1 is 1.17 bits per heavy atom. The second-order valence-corrected chi connectivity index (χ2v) is 7.44. The van der Waals surface area contributed by atoms with Gasteiger partial charge in [0.1, 0.15) is 5.82 Å². The van der Waals surface area contributed by atoms with Gasteiger partial charge in [0, 0.05) is 30.5 Å². The van der Waals surface area contributed by atoms with Gasteiger partial charge in [0.15, 0.2) is 0 Å². The first-order chi connectivity index (χ1) is 14.0. The molecule has 4 N–H and O–H groups in total. The Balaban J connectivity index is 2.10. The quantitative estimate of drug-likeness (QED) is 0.589. The number of hydrogen-bond acceptors (Lipinski definition) is 3. The second-order valence-electron chi connectivity index (χ2n) is 7.44. The third-order valence-corrected chi connectivity index (χ3v) is 4.68. The van der Waals surface area contributed by atoms with Gasteiger partial charge in [-0.25, -0.2) is 9.78 Å². The number of benzene rings is 1. The largest absolute Gasteiger partial charge is 0.416 e. The summed E-state index contributed by atoms with van der Waals surface area (Å²) in [7, 11) is 0. The lowest BCUT2D eigenvalue weighted by Gasteiger charge is -2.25. The maximum absolute atomic E-state index is 12.7. The molecule has 2 atom stereocenters. The monoisotopic (exact) mass is 425 g/mol. The van der Waals surface area contributed by atoms with Crippen molar-refractivity contribution in [3.8, 4) is 0 Å². The van der Waals surface area contributed by atoms with E-state index in [0.717, 1.165) is 12.1 Å². The number of imidazole rings is 1. The van der Waals surface area contributed by atoms with Crippen LogP contribution >= 0.6 is 0 Å². The predicted molar refractivity (Wildman–Crippen MR) is 107 cm³/mol. The highest BCUT2D eigenvalue weighted by Gasteiger charge is 2.30. The molecule has 0 radical (unpaired) electrons. The van der Waals surface area contributed by atoms with Gasteiger partial charge in [-0.2, -0.15) is 13.2 Å². The van der Waals surface area contributed by atoms with E-state index < -0.39 is 29.7 Å². The van der Waals surface area contributed by atoms with Crippen molar-refractivity contribution >= 4 is 17.6 Å². The van der Waals surface area contributed by atoms with Crippen molar-refractivity contribution in [2.24, 2.45) is 11.7 Å². The fourth-order valence-electron chi connectivity index (χ4n) is 3.01. The van der Waals surface area contributed by atoms with Gasteiger partial charge in [0.25, 0.3) is 0 Å². The minimum Gasteiger partial charge on any atom is -0.370 e. The number of aromatic nitrogens is 2. The Kier molecular flexibility index (Phi) is 7.47. The molecule has 7 nitrogen and oxygen atoms in total. The molecule has 0 aliphatic heterocycles. The number of nitrogens with two attached hydrogens (primary N) is 1. The Labute approximate surface area is 172 Å². The molecular weight excluding hydrogens is 399 g/mol. The average Bonchev–Trinajstić information content (AvgIpc) is 3.13. The zero-order valence-corrected chi connectivity index (χ0v) is 17.0. The molecule has 0 aliphatic carbocycles. The van der Waals surface area contributed by atoms with E-state index in [4.69, 9.17) is 5.73 Å². The SMILES string of the molecule is CC(C)[C@H](NC(=O)Nc1ccc(C(F)(F)F)cc1)c1nccn1C(C)CCC(N)=O. The Hall–Kier alpha value is -3.04. The van der Waals surface area contributed by atoms with Crippen molar-refractivity contribution < 1.29 is 22.8 Å². The number of nitrogens with zero attached hydrogens (tertiary/aromatic N) is 2. The number of primary amides is 1. The average molecular weight is 425 g/mol. The summed E-state index contributed by atoms with van der Waals surface area (Å²) in [6, 6.07) is 3.12. The number of alkyl halides is 3. The number of halogens is 3. The van der Waals surface area contributed by atoms with Crippen LogP contribution in [0.25, 0.3) is 0 Å². The number of hydrogen-bond donors (Lipinski definition) is 3. The van der Waals surface area contributed by atoms with Crippen LogP contribution in [0.15, 0.2) is 36.7 Å². The van der Waals surface area contributed by atoms with Gasteiger partial charge in [-0.1, -0.05) is 13.8 Å². The first-order valence-corrected chi connectivity index (χ1v) is 9.54. The third-order valence-electron chi connectivity index (χ3n) is 4.68. The van der Waals surface area contributed by atoms with Crippen molar-refractivity contribution in [2.45, 2.75) is 51.9 Å². The first kappa shape index (κ1) is 23.2. The Bertz CT molecular complexity index is 862. The molecule has 1 aromatic heterocycles. The normalized spacial score (nSPS) is 13.7. The number of anilines is 1. The molecular formula is C20H26F3N5O2. The summed E-state index contributed by atoms with van der Waals surface area (Å²) in [5.41, 5.74) is 4.67. The molecule has 1 heterocycles. The molecule has 0 saturated carbocycles. The van der Waals surface area contributed by atoms with E-state index in [2.05, 4.69) is 15.6 Å². The lowest BCUT2D eigenvalue weighted by Crippen LogP contribution is -2.37. The predicted octanol–water partition coefficient (Wildman–Crippen LogP) is 4.25. The van der Waals surface area contributed by atoms with Crippen LogP contribution in [0.1, 0.15) is 57.1 Å². The summed E-state index contributed by atoms with van der Waals surface area (Å²) in [5, 5.41) is 5.37. The number of amides is 3. The number of nitrogens with one attached hydrogen (secondary N) is 2. The van der Waals surface area contributed by atoms with Crippen LogP contribution in [0.5, 0.6) is 0 Å². The highest BCUT2D eigenvalue weighted by Crippen LogP contribution is 2.30. The van der Waals surface area contributed by atoms with Crippen molar-refractivity contribution in [1.82, 2.24) is 14.9 Å². The minimum absolute atomic E-state index is 0.0205. The molecule has 1 aromatic carbocycles. The number of rotatable bonds is 8. The van der Waals surface area contributed by atoms with Crippen molar-refractivity contribution in [3.05, 3.63) is 48.0 Å². The number of carbonyl (C=O) groups is 2. The van der Waals surface area contributed by atoms with Crippen molar-refractivity contribution in [3.63, 3.8) is 0 Å². The lowest BCUT2D eigenvalue weighted by atomic mass is 10.0. The highest BCUT2D eigenvalue weighted by molar-refractivity contribution is 5.89. The zero-order valence-electron chi connectivity index (χ0n) is 17.0. The molecule has 0 spiro atoms. The van der Waals surface area contributed by atoms with Crippen LogP contribution in [0.4, 0.5) is 23.7 Å². The van der Waals surface area contributed by atoms with Crippen LogP contribution in [-0.2, 0) is 11.0 Å². The second kappa shape index (κ2) is 9.64. The van der Waals surface area contributed by atoms with Gasteiger partial charge in [0.2, 0.25) is 5.91 Å². The third kappa shape index (κ3) is 6.23. The fraction of sp³-hybridized carbons (Fsp3) is 0.450. The van der Waals surface area contributed by atoms with Gasteiger partial charge in [-0.15, -0.1) is 0 Å². The molecule has 0 saturated heterocycles. The van der Waals surface area contributed by atoms with Gasteiger partial charge < -0.3 is 20.9 Å². The minimum atomic E-state index is -4.44. The van der Waals surface area contributed by atoms with E-state index in [1.165, 1.54) is 12.1 Å². The van der Waals surface area contributed by atoms with Gasteiger partial charge in [-0.05, 0) is 43.5 Å². The summed E-state index contributed by atoms with van der Waals surface area (Å²) >= 11 is 0. The maximum atomic E-state index is 12.7. The smallest absolute Gasteiger partial charge is 0.370 e. The summed E-state index contributed by atoms with van der Waals surface area (Å²) in [6.07, 6.45) is -0.299. The zero-order chi connectivity index (χ0) is 22.5. The summed E-state index contributed by atoms with van der Waals surface area (Å²) in [4.78, 5) is 27.9. The fourth-order valence-corrected chi connectivity index (χ4v) is 3.01. The van der Waals surface area contributed by atoms with Gasteiger partial charge in [0.05, 0.1) is 11.6 Å². The van der Waals surface area contributed by atoms with E-state index in [1.54, 1.807) is 12.4 Å². The van der Waals surface area contributed by atoms with Gasteiger partial charge >= 0.3 is 12.2 Å². The summed E-state index contributed by atoms with van der Waals surface area (Å²) in [6.45, 7) is 5.75. The van der Waals surface area contributed by atoms with Crippen LogP contribution in [-0.4, -0.2) is 21.5 Å². The topological polar surface area (TPSA) is 102 Å². The Morgan fingerprint density at radius 3 is 2.33 bits per heavy atom. The van der Waals surface area contributed by atoms with Crippen LogP contribution in [0.2, 0.25) is 0 Å². The molecule has 10 heteroatoms. The van der Waals surface area contributed by atoms with E-state index in [9.17, 15) is 22.8 Å². The molecule has 1 unspecified atom stereocenters. The molecule has 0 aliphatic rings. The van der Waals surface area contributed by atoms with Crippen LogP contribution < -0.4 is 16.4 Å². The van der Waals surface area contributed by atoms with E-state index in [1.807, 2.05) is 25.3 Å². The molecule has 0 bridgehead atoms. The Morgan fingerprint density at radius 2 is 1.80 bits per heavy atom. The number of urea groups is 1. The molecule has 3 amide bonds. The maximum Gasteiger partial charge on any atom is 0.416 e. The summed E-state index contributed by atoms with van der Waals surface area (Å²) in [5.74, 6) is 0.204. The molecule has 164 valence electrons. The van der Waals surface area contributed by atoms with E-state index in [-0.39, 0.29) is 24.1 Å². The summed E-state index contributed by atoms with van der Waals surface area (Å²) < 4.78 is 39.9. The first-order valence-electron chi connectivity index (χ1n) is 9.54. The van der Waals surface area contributed by atoms with Crippen molar-refractivity contribution in [1.29, 1.82) is 0 Å². The highest BCUT2D eigenvalue weighted by atomic mass is 19.4. The molecule has 2 aromatic rings. The van der Waals surface area contributed by atoms with E-state index in [0.29, 0.717) is 12.2 Å². The molecule has 30 heavy (non-hydrogen) atoms. The van der Waals surface area contributed by atoms with Crippen LogP contribution in [0.3, 0.4) is 0 Å².